The Labute approximate surface area is 124 Å². The van der Waals surface area contributed by atoms with Crippen molar-refractivity contribution >= 4 is 17.8 Å². The number of hydrogen-bond acceptors (Lipinski definition) is 6. The first-order valence-electron chi connectivity index (χ1n) is 6.91. The highest BCUT2D eigenvalue weighted by molar-refractivity contribution is 5.91. The largest absolute Gasteiger partial charge is 0.465 e. The van der Waals surface area contributed by atoms with Crippen molar-refractivity contribution in [2.45, 2.75) is 39.3 Å². The molecule has 0 fully saturated rings. The Morgan fingerprint density at radius 3 is 2.33 bits per heavy atom. The summed E-state index contributed by atoms with van der Waals surface area (Å²) in [7, 11) is 0. The van der Waals surface area contributed by atoms with E-state index in [0.29, 0.717) is 6.42 Å². The van der Waals surface area contributed by atoms with Gasteiger partial charge in [0.05, 0.1) is 13.2 Å². The topological polar surface area (TPSA) is 131 Å². The molecule has 0 radical (unpaired) electrons. The summed E-state index contributed by atoms with van der Waals surface area (Å²) in [5, 5.41) is 13.7. The van der Waals surface area contributed by atoms with Crippen molar-refractivity contribution in [2.24, 2.45) is 11.7 Å². The maximum absolute atomic E-state index is 12.0. The van der Waals surface area contributed by atoms with Gasteiger partial charge in [0.2, 0.25) is 11.8 Å². The van der Waals surface area contributed by atoms with Gasteiger partial charge in [0.1, 0.15) is 18.6 Å². The van der Waals surface area contributed by atoms with Crippen molar-refractivity contribution in [3.8, 4) is 0 Å². The van der Waals surface area contributed by atoms with Gasteiger partial charge in [-0.05, 0) is 19.3 Å². The number of carbonyl (C=O) groups is 3. The van der Waals surface area contributed by atoms with Gasteiger partial charge >= 0.3 is 5.97 Å². The van der Waals surface area contributed by atoms with Gasteiger partial charge in [0, 0.05) is 0 Å². The number of carbonyl (C=O) groups excluding carboxylic acids is 3. The molecule has 21 heavy (non-hydrogen) atoms. The van der Waals surface area contributed by atoms with Gasteiger partial charge in [0.25, 0.3) is 0 Å². The first-order chi connectivity index (χ1) is 9.81. The molecule has 8 heteroatoms. The normalized spacial score (nSPS) is 13.4. The first kappa shape index (κ1) is 19.3. The Morgan fingerprint density at radius 1 is 1.24 bits per heavy atom. The van der Waals surface area contributed by atoms with E-state index >= 15 is 0 Å². The minimum absolute atomic E-state index is 0.147. The molecule has 0 aliphatic rings. The number of aliphatic hydroxyl groups is 1. The highest BCUT2D eigenvalue weighted by Gasteiger charge is 2.24. The fourth-order valence-electron chi connectivity index (χ4n) is 1.56. The SMILES string of the molecule is CCOC(=O)CNC(=O)[C@H](CC(C)C)NC(=O)[C@@H](N)CO. The van der Waals surface area contributed by atoms with Crippen molar-refractivity contribution in [2.75, 3.05) is 19.8 Å². The fourth-order valence-corrected chi connectivity index (χ4v) is 1.56. The Morgan fingerprint density at radius 2 is 1.86 bits per heavy atom. The molecule has 0 unspecified atom stereocenters. The molecule has 0 heterocycles. The van der Waals surface area contributed by atoms with Gasteiger partial charge < -0.3 is 26.2 Å². The predicted molar refractivity (Wildman–Crippen MR) is 76.1 cm³/mol. The molecule has 5 N–H and O–H groups in total. The van der Waals surface area contributed by atoms with E-state index in [2.05, 4.69) is 10.6 Å². The minimum Gasteiger partial charge on any atom is -0.465 e. The molecular formula is C13H25N3O5. The molecule has 0 rings (SSSR count). The molecule has 2 amide bonds. The Kier molecular flexibility index (Phi) is 9.31. The van der Waals surface area contributed by atoms with Crippen molar-refractivity contribution in [1.29, 1.82) is 0 Å². The van der Waals surface area contributed by atoms with Crippen LogP contribution in [0.15, 0.2) is 0 Å². The zero-order valence-corrected chi connectivity index (χ0v) is 12.7. The van der Waals surface area contributed by atoms with Crippen LogP contribution in [0, 0.1) is 5.92 Å². The Balaban J connectivity index is 4.55. The molecule has 122 valence electrons. The lowest BCUT2D eigenvalue weighted by molar-refractivity contribution is -0.143. The van der Waals surface area contributed by atoms with E-state index in [-0.39, 0.29) is 19.1 Å². The Bertz CT molecular complexity index is 360. The number of amides is 2. The summed E-state index contributed by atoms with van der Waals surface area (Å²) >= 11 is 0. The number of rotatable bonds is 9. The molecular weight excluding hydrogens is 278 g/mol. The van der Waals surface area contributed by atoms with Crippen LogP contribution in [0.2, 0.25) is 0 Å². The predicted octanol–water partition coefficient (Wildman–Crippen LogP) is -1.48. The molecule has 0 saturated carbocycles. The number of nitrogens with two attached hydrogens (primary N) is 1. The molecule has 0 aromatic heterocycles. The maximum Gasteiger partial charge on any atom is 0.325 e. The van der Waals surface area contributed by atoms with Crippen LogP contribution in [-0.2, 0) is 19.1 Å². The quantitative estimate of drug-likeness (QED) is 0.384. The van der Waals surface area contributed by atoms with E-state index in [9.17, 15) is 14.4 Å². The van der Waals surface area contributed by atoms with E-state index < -0.39 is 36.5 Å². The van der Waals surface area contributed by atoms with Gasteiger partial charge in [-0.15, -0.1) is 0 Å². The molecule has 0 aliphatic heterocycles. The third-order valence-electron chi connectivity index (χ3n) is 2.59. The molecule has 0 aromatic rings. The zero-order valence-electron chi connectivity index (χ0n) is 12.7. The number of hydrogen-bond donors (Lipinski definition) is 4. The number of ether oxygens (including phenoxy) is 1. The van der Waals surface area contributed by atoms with E-state index in [1.54, 1.807) is 6.92 Å². The van der Waals surface area contributed by atoms with Gasteiger partial charge in [-0.3, -0.25) is 14.4 Å². The average Bonchev–Trinajstić information content (AvgIpc) is 2.42. The second-order valence-electron chi connectivity index (χ2n) is 5.00. The van der Waals surface area contributed by atoms with Gasteiger partial charge in [-0.1, -0.05) is 13.8 Å². The smallest absolute Gasteiger partial charge is 0.325 e. The molecule has 0 aromatic carbocycles. The van der Waals surface area contributed by atoms with Crippen LogP contribution in [0.3, 0.4) is 0 Å². The molecule has 0 saturated heterocycles. The number of nitrogens with one attached hydrogen (secondary N) is 2. The van der Waals surface area contributed by atoms with Gasteiger partial charge in [0.15, 0.2) is 0 Å². The van der Waals surface area contributed by atoms with E-state index in [1.165, 1.54) is 0 Å². The number of esters is 1. The lowest BCUT2D eigenvalue weighted by Gasteiger charge is -2.21. The molecule has 8 nitrogen and oxygen atoms in total. The highest BCUT2D eigenvalue weighted by atomic mass is 16.5. The van der Waals surface area contributed by atoms with Crippen LogP contribution in [0.5, 0.6) is 0 Å². The van der Waals surface area contributed by atoms with E-state index in [1.807, 2.05) is 13.8 Å². The van der Waals surface area contributed by atoms with Crippen LogP contribution in [-0.4, -0.2) is 54.7 Å². The van der Waals surface area contributed by atoms with Crippen LogP contribution >= 0.6 is 0 Å². The second-order valence-corrected chi connectivity index (χ2v) is 5.00. The second kappa shape index (κ2) is 10.1. The van der Waals surface area contributed by atoms with Crippen molar-refractivity contribution in [3.05, 3.63) is 0 Å². The molecule has 0 bridgehead atoms. The van der Waals surface area contributed by atoms with Crippen molar-refractivity contribution in [1.82, 2.24) is 10.6 Å². The highest BCUT2D eigenvalue weighted by Crippen LogP contribution is 2.05. The molecule has 0 aliphatic carbocycles. The van der Waals surface area contributed by atoms with Crippen LogP contribution in [0.1, 0.15) is 27.2 Å². The van der Waals surface area contributed by atoms with Crippen LogP contribution in [0.25, 0.3) is 0 Å². The summed E-state index contributed by atoms with van der Waals surface area (Å²) in [4.78, 5) is 34.8. The third-order valence-corrected chi connectivity index (χ3v) is 2.59. The van der Waals surface area contributed by atoms with Crippen molar-refractivity contribution < 1.29 is 24.2 Å². The number of aliphatic hydroxyl groups excluding tert-OH is 1. The summed E-state index contributed by atoms with van der Waals surface area (Å²) in [6.45, 7) is 4.91. The van der Waals surface area contributed by atoms with E-state index in [4.69, 9.17) is 15.6 Å². The summed E-state index contributed by atoms with van der Waals surface area (Å²) in [6, 6.07) is -1.90. The van der Waals surface area contributed by atoms with E-state index in [0.717, 1.165) is 0 Å². The third kappa shape index (κ3) is 8.26. The Hall–Kier alpha value is -1.67. The lowest BCUT2D eigenvalue weighted by atomic mass is 10.0. The summed E-state index contributed by atoms with van der Waals surface area (Å²) in [6.07, 6.45) is 0.387. The summed E-state index contributed by atoms with van der Waals surface area (Å²) in [5.41, 5.74) is 5.39. The zero-order chi connectivity index (χ0) is 16.4. The lowest BCUT2D eigenvalue weighted by Crippen LogP contribution is -2.53. The maximum atomic E-state index is 12.0. The van der Waals surface area contributed by atoms with Crippen LogP contribution < -0.4 is 16.4 Å². The van der Waals surface area contributed by atoms with Gasteiger partial charge in [-0.2, -0.15) is 0 Å². The standard InChI is InChI=1S/C13H25N3O5/c1-4-21-11(18)6-15-13(20)10(5-8(2)3)16-12(19)9(14)7-17/h8-10,17H,4-7,14H2,1-3H3,(H,15,20)(H,16,19)/t9-,10-/m0/s1. The minimum atomic E-state index is -1.09. The average molecular weight is 303 g/mol. The summed E-state index contributed by atoms with van der Waals surface area (Å²) in [5.74, 6) is -1.51. The summed E-state index contributed by atoms with van der Waals surface area (Å²) < 4.78 is 4.70. The first-order valence-corrected chi connectivity index (χ1v) is 6.91. The van der Waals surface area contributed by atoms with Gasteiger partial charge in [-0.25, -0.2) is 0 Å². The molecule has 0 spiro atoms. The molecule has 2 atom stereocenters. The van der Waals surface area contributed by atoms with Crippen LogP contribution in [0.4, 0.5) is 0 Å². The fraction of sp³-hybridized carbons (Fsp3) is 0.769. The monoisotopic (exact) mass is 303 g/mol. The van der Waals surface area contributed by atoms with Crippen molar-refractivity contribution in [3.63, 3.8) is 0 Å².